The van der Waals surface area contributed by atoms with Gasteiger partial charge in [-0.2, -0.15) is 0 Å². The number of amides is 4. The highest BCUT2D eigenvalue weighted by atomic mass is 79.9. The summed E-state index contributed by atoms with van der Waals surface area (Å²) in [7, 11) is 0. The van der Waals surface area contributed by atoms with Gasteiger partial charge in [-0.1, -0.05) is 22.0 Å². The molecule has 1 aliphatic heterocycles. The Morgan fingerprint density at radius 3 is 2.16 bits per heavy atom. The molecule has 2 aromatic rings. The number of nitrogens with one attached hydrogen (secondary N) is 2. The zero-order chi connectivity index (χ0) is 26.4. The minimum Gasteiger partial charge on any atom is -0.452 e. The number of anilines is 1. The highest BCUT2D eigenvalue weighted by Crippen LogP contribution is 2.59. The van der Waals surface area contributed by atoms with Gasteiger partial charge in [0.15, 0.2) is 6.61 Å². The van der Waals surface area contributed by atoms with Crippen molar-refractivity contribution in [3.63, 3.8) is 0 Å². The third kappa shape index (κ3) is 4.62. The van der Waals surface area contributed by atoms with Gasteiger partial charge in [0.1, 0.15) is 0 Å². The van der Waals surface area contributed by atoms with E-state index < -0.39 is 36.2 Å². The first-order chi connectivity index (χ1) is 17.7. The van der Waals surface area contributed by atoms with Gasteiger partial charge in [0.2, 0.25) is 11.8 Å². The van der Waals surface area contributed by atoms with Crippen LogP contribution in [0.4, 0.5) is 5.69 Å². The quantitative estimate of drug-likeness (QED) is 0.233. The highest BCUT2D eigenvalue weighted by Gasteiger charge is 2.66. The summed E-state index contributed by atoms with van der Waals surface area (Å²) in [5.41, 5.74) is 5.01. The van der Waals surface area contributed by atoms with Gasteiger partial charge in [0, 0.05) is 10.0 Å². The second kappa shape index (κ2) is 10.1. The molecule has 2 aromatic carbocycles. The summed E-state index contributed by atoms with van der Waals surface area (Å²) in [6, 6.07) is 12.4. The van der Waals surface area contributed by atoms with Crippen LogP contribution in [0.2, 0.25) is 0 Å². The summed E-state index contributed by atoms with van der Waals surface area (Å²) in [5, 5.41) is -0.728. The van der Waals surface area contributed by atoms with Crippen LogP contribution in [0.3, 0.4) is 0 Å². The molecule has 2 N–H and O–H groups in total. The van der Waals surface area contributed by atoms with Crippen molar-refractivity contribution in [1.82, 2.24) is 10.9 Å². The Morgan fingerprint density at radius 2 is 1.54 bits per heavy atom. The molecule has 6 atom stereocenters. The van der Waals surface area contributed by atoms with Crippen molar-refractivity contribution < 1.29 is 28.7 Å². The number of carbonyl (C=O) groups is 5. The summed E-state index contributed by atoms with van der Waals surface area (Å²) >= 11 is 16.1. The first kappa shape index (κ1) is 25.7. The molecule has 2 bridgehead atoms. The fourth-order valence-corrected chi connectivity index (χ4v) is 6.58. The van der Waals surface area contributed by atoms with Crippen molar-refractivity contribution in [2.45, 2.75) is 17.2 Å². The molecule has 4 amide bonds. The zero-order valence-corrected chi connectivity index (χ0v) is 22.1. The van der Waals surface area contributed by atoms with Gasteiger partial charge in [0.25, 0.3) is 11.8 Å². The van der Waals surface area contributed by atoms with E-state index in [1.807, 2.05) is 0 Å². The highest BCUT2D eigenvalue weighted by molar-refractivity contribution is 9.10. The van der Waals surface area contributed by atoms with E-state index >= 15 is 0 Å². The minimum atomic E-state index is -0.836. The molecule has 12 heteroatoms. The molecule has 2 aliphatic carbocycles. The molecule has 192 valence electrons. The van der Waals surface area contributed by atoms with E-state index in [0.717, 1.165) is 9.37 Å². The Morgan fingerprint density at radius 1 is 0.919 bits per heavy atom. The van der Waals surface area contributed by atoms with Gasteiger partial charge in [-0.05, 0) is 60.7 Å². The van der Waals surface area contributed by atoms with E-state index in [2.05, 4.69) is 26.8 Å². The molecule has 0 radical (unpaired) electrons. The van der Waals surface area contributed by atoms with Crippen LogP contribution in [-0.4, -0.2) is 47.0 Å². The Balaban J connectivity index is 1.19. The number of hydrogen-bond acceptors (Lipinski definition) is 6. The molecule has 0 spiro atoms. The number of alkyl halides is 2. The largest absolute Gasteiger partial charge is 0.452 e. The van der Waals surface area contributed by atoms with Gasteiger partial charge >= 0.3 is 5.97 Å². The topological polar surface area (TPSA) is 122 Å². The van der Waals surface area contributed by atoms with Crippen LogP contribution in [-0.2, 0) is 19.1 Å². The van der Waals surface area contributed by atoms with E-state index in [9.17, 15) is 24.0 Å². The molecule has 0 unspecified atom stereocenters. The van der Waals surface area contributed by atoms with Crippen molar-refractivity contribution in [1.29, 1.82) is 0 Å². The van der Waals surface area contributed by atoms with Gasteiger partial charge in [0.05, 0.1) is 33.8 Å². The molecule has 37 heavy (non-hydrogen) atoms. The average Bonchev–Trinajstić information content (AvgIpc) is 3.51. The SMILES string of the molecule is O=C(COC(=O)c1cccc(N2C(=O)[C@@H]3[C@H]4C[C@@H]([C@H](Cl)[C@H]4Cl)[C@H]3C2=O)c1)NNC(=O)c1ccc(Br)cc1. The van der Waals surface area contributed by atoms with Gasteiger partial charge < -0.3 is 4.74 Å². The Bertz CT molecular complexity index is 1270. The molecule has 5 rings (SSSR count). The molecule has 1 saturated heterocycles. The van der Waals surface area contributed by atoms with E-state index in [1.54, 1.807) is 30.3 Å². The van der Waals surface area contributed by atoms with Crippen LogP contribution >= 0.6 is 39.1 Å². The minimum absolute atomic E-state index is 0.0512. The van der Waals surface area contributed by atoms with Gasteiger partial charge in [-0.15, -0.1) is 23.2 Å². The number of fused-ring (bicyclic) bond motifs is 5. The normalized spacial score (nSPS) is 27.7. The average molecular weight is 609 g/mol. The molecule has 2 saturated carbocycles. The molecular weight excluding hydrogens is 589 g/mol. The monoisotopic (exact) mass is 607 g/mol. The lowest BCUT2D eigenvalue weighted by Crippen LogP contribution is -2.43. The molecule has 3 fully saturated rings. The Hall–Kier alpha value is -2.95. The molecule has 0 aromatic heterocycles. The summed E-state index contributed by atoms with van der Waals surface area (Å²) in [4.78, 5) is 64.1. The number of hydrazine groups is 1. The lowest BCUT2D eigenvalue weighted by Gasteiger charge is -2.28. The lowest BCUT2D eigenvalue weighted by molar-refractivity contribution is -0.125. The van der Waals surface area contributed by atoms with Gasteiger partial charge in [-0.3, -0.25) is 34.9 Å². The molecule has 9 nitrogen and oxygen atoms in total. The van der Waals surface area contributed by atoms with Crippen LogP contribution < -0.4 is 15.8 Å². The summed E-state index contributed by atoms with van der Waals surface area (Å²) in [6.45, 7) is -0.660. The fourth-order valence-electron chi connectivity index (χ4n) is 5.43. The predicted molar refractivity (Wildman–Crippen MR) is 137 cm³/mol. The maximum Gasteiger partial charge on any atom is 0.338 e. The van der Waals surface area contributed by atoms with Crippen LogP contribution in [0.25, 0.3) is 0 Å². The van der Waals surface area contributed by atoms with Crippen molar-refractivity contribution in [3.05, 3.63) is 64.1 Å². The number of hydrogen-bond donors (Lipinski definition) is 2. The summed E-state index contributed by atoms with van der Waals surface area (Å²) < 4.78 is 5.83. The summed E-state index contributed by atoms with van der Waals surface area (Å²) in [6.07, 6.45) is 0.654. The van der Waals surface area contributed by atoms with E-state index in [0.29, 0.717) is 12.0 Å². The van der Waals surface area contributed by atoms with Crippen molar-refractivity contribution in [3.8, 4) is 0 Å². The second-order valence-corrected chi connectivity index (χ2v) is 11.1. The first-order valence-corrected chi connectivity index (χ1v) is 13.1. The van der Waals surface area contributed by atoms with Crippen molar-refractivity contribution in [2.24, 2.45) is 23.7 Å². The number of benzene rings is 2. The van der Waals surface area contributed by atoms with Crippen molar-refractivity contribution >= 4 is 74.4 Å². The van der Waals surface area contributed by atoms with E-state index in [4.69, 9.17) is 27.9 Å². The van der Waals surface area contributed by atoms with Crippen LogP contribution in [0.15, 0.2) is 53.0 Å². The zero-order valence-electron chi connectivity index (χ0n) is 19.0. The molecule has 1 heterocycles. The number of nitrogens with zero attached hydrogens (tertiary/aromatic N) is 1. The van der Waals surface area contributed by atoms with Crippen LogP contribution in [0, 0.1) is 23.7 Å². The first-order valence-electron chi connectivity index (χ1n) is 11.4. The number of esters is 1. The number of imide groups is 1. The standard InChI is InChI=1S/C25H20BrCl2N3O6/c26-13-6-4-11(5-7-13)22(33)30-29-17(32)10-37-25(36)12-2-1-3-14(8-12)31-23(34)18-15-9-16(19(18)24(31)35)21(28)20(15)27/h1-8,15-16,18-21H,9-10H2,(H,29,32)(H,30,33)/t15-,16-,18-,19-,20+,21+/m1/s1. The van der Waals surface area contributed by atoms with E-state index in [1.165, 1.54) is 18.2 Å². The molecule has 3 aliphatic rings. The van der Waals surface area contributed by atoms with Gasteiger partial charge in [-0.25, -0.2) is 4.79 Å². The van der Waals surface area contributed by atoms with Crippen LogP contribution in [0.5, 0.6) is 0 Å². The fraction of sp³-hybridized carbons (Fsp3) is 0.320. The second-order valence-electron chi connectivity index (χ2n) is 9.15. The third-order valence-corrected chi connectivity index (χ3v) is 8.93. The number of halogens is 3. The smallest absolute Gasteiger partial charge is 0.338 e. The molecular formula is C25H20BrCl2N3O6. The van der Waals surface area contributed by atoms with Crippen molar-refractivity contribution in [2.75, 3.05) is 11.5 Å². The number of carbonyl (C=O) groups excluding carboxylic acids is 5. The number of ether oxygens (including phenoxy) is 1. The Kier molecular flexibility index (Phi) is 6.99. The third-order valence-electron chi connectivity index (χ3n) is 7.08. The van der Waals surface area contributed by atoms with Crippen LogP contribution in [0.1, 0.15) is 27.1 Å². The van der Waals surface area contributed by atoms with E-state index in [-0.39, 0.29) is 45.7 Å². The summed E-state index contributed by atoms with van der Waals surface area (Å²) in [5.74, 6) is -4.16. The Labute approximate surface area is 229 Å². The predicted octanol–water partition coefficient (Wildman–Crippen LogP) is 3.04. The lowest BCUT2D eigenvalue weighted by atomic mass is 9.80. The maximum atomic E-state index is 13.2. The number of rotatable bonds is 5. The maximum absolute atomic E-state index is 13.2.